The number of nitrogens with one attached hydrogen (secondary N) is 1. The molecule has 0 aromatic heterocycles. The summed E-state index contributed by atoms with van der Waals surface area (Å²) in [6, 6.07) is 0. The van der Waals surface area contributed by atoms with Crippen molar-refractivity contribution in [3.63, 3.8) is 0 Å². The highest BCUT2D eigenvalue weighted by Gasteiger charge is 2.38. The lowest BCUT2D eigenvalue weighted by Gasteiger charge is -2.12. The van der Waals surface area contributed by atoms with Crippen LogP contribution in [0.25, 0.3) is 0 Å². The summed E-state index contributed by atoms with van der Waals surface area (Å²) >= 11 is 0. The Morgan fingerprint density at radius 2 is 2.12 bits per heavy atom. The Bertz CT molecular complexity index is 366. The van der Waals surface area contributed by atoms with E-state index in [4.69, 9.17) is 0 Å². The van der Waals surface area contributed by atoms with Crippen LogP contribution >= 0.6 is 0 Å². The number of amides is 3. The van der Waals surface area contributed by atoms with Gasteiger partial charge in [-0.25, -0.2) is 4.79 Å². The first kappa shape index (κ1) is 13.1. The molecule has 1 saturated heterocycles. The first-order valence-electron chi connectivity index (χ1n) is 5.24. The maximum absolute atomic E-state index is 11.4. The first-order chi connectivity index (χ1) is 7.91. The fraction of sp³-hybridized carbons (Fsp3) is 0.600. The van der Waals surface area contributed by atoms with Gasteiger partial charge in [0, 0.05) is 25.8 Å². The van der Waals surface area contributed by atoms with Crippen LogP contribution < -0.4 is 5.32 Å². The van der Waals surface area contributed by atoms with Gasteiger partial charge in [0.25, 0.3) is 11.8 Å². The van der Waals surface area contributed by atoms with Gasteiger partial charge in [-0.3, -0.25) is 14.4 Å². The molecule has 0 spiro atoms. The minimum atomic E-state index is -0.727. The smallest absolute Gasteiger partial charge is 0.334 e. The molecule has 1 aliphatic heterocycles. The van der Waals surface area contributed by atoms with E-state index in [1.165, 1.54) is 6.92 Å². The van der Waals surface area contributed by atoms with Gasteiger partial charge in [0.15, 0.2) is 0 Å². The van der Waals surface area contributed by atoms with Crippen LogP contribution in [0, 0.1) is 5.92 Å². The summed E-state index contributed by atoms with van der Waals surface area (Å²) in [4.78, 5) is 49.1. The maximum atomic E-state index is 11.4. The second kappa shape index (κ2) is 5.42. The van der Waals surface area contributed by atoms with Crippen molar-refractivity contribution in [1.29, 1.82) is 0 Å². The van der Waals surface area contributed by atoms with Crippen molar-refractivity contribution in [1.82, 2.24) is 10.4 Å². The third-order valence-electron chi connectivity index (χ3n) is 2.23. The highest BCUT2D eigenvalue weighted by molar-refractivity contribution is 6.02. The fourth-order valence-electron chi connectivity index (χ4n) is 1.34. The van der Waals surface area contributed by atoms with E-state index < -0.39 is 23.7 Å². The molecule has 7 nitrogen and oxygen atoms in total. The van der Waals surface area contributed by atoms with E-state index in [2.05, 4.69) is 10.2 Å². The van der Waals surface area contributed by atoms with E-state index in [1.807, 2.05) is 0 Å². The highest BCUT2D eigenvalue weighted by Crippen LogP contribution is 2.19. The zero-order valence-corrected chi connectivity index (χ0v) is 9.69. The minimum absolute atomic E-state index is 0.0534. The molecule has 0 aliphatic carbocycles. The highest BCUT2D eigenvalue weighted by atomic mass is 16.7. The van der Waals surface area contributed by atoms with Crippen molar-refractivity contribution in [3.05, 3.63) is 0 Å². The van der Waals surface area contributed by atoms with Crippen LogP contribution in [0.1, 0.15) is 26.7 Å². The van der Waals surface area contributed by atoms with Crippen LogP contribution in [0.15, 0.2) is 0 Å². The zero-order valence-electron chi connectivity index (χ0n) is 9.69. The molecule has 7 heteroatoms. The Kier molecular flexibility index (Phi) is 4.19. The lowest BCUT2D eigenvalue weighted by atomic mass is 10.1. The topological polar surface area (TPSA) is 92.8 Å². The fourth-order valence-corrected chi connectivity index (χ4v) is 1.34. The van der Waals surface area contributed by atoms with Crippen LogP contribution in [0.3, 0.4) is 0 Å². The molecule has 1 atom stereocenters. The molecule has 0 radical (unpaired) electrons. The number of carbonyl (C=O) groups excluding carboxylic acids is 4. The van der Waals surface area contributed by atoms with E-state index in [0.717, 1.165) is 0 Å². The third-order valence-corrected chi connectivity index (χ3v) is 2.23. The van der Waals surface area contributed by atoms with Gasteiger partial charge < -0.3 is 10.2 Å². The summed E-state index contributed by atoms with van der Waals surface area (Å²) in [5.41, 5.74) is 0. The summed E-state index contributed by atoms with van der Waals surface area (Å²) in [6.07, 6.45) is -0.0389. The van der Waals surface area contributed by atoms with Crippen LogP contribution in [0.5, 0.6) is 0 Å². The average molecular weight is 242 g/mol. The van der Waals surface area contributed by atoms with E-state index >= 15 is 0 Å². The molecule has 17 heavy (non-hydrogen) atoms. The molecule has 1 unspecified atom stereocenters. The van der Waals surface area contributed by atoms with Crippen molar-refractivity contribution < 1.29 is 24.0 Å². The zero-order chi connectivity index (χ0) is 13.0. The van der Waals surface area contributed by atoms with E-state index in [-0.39, 0.29) is 25.3 Å². The largest absolute Gasteiger partial charge is 0.356 e. The Morgan fingerprint density at radius 1 is 1.47 bits per heavy atom. The number of carbonyl (C=O) groups is 4. The quantitative estimate of drug-likeness (QED) is 0.662. The Hall–Kier alpha value is -1.92. The Morgan fingerprint density at radius 3 is 2.59 bits per heavy atom. The van der Waals surface area contributed by atoms with Gasteiger partial charge in [-0.15, -0.1) is 5.06 Å². The standard InChI is InChI=1S/C10H14N2O5/c1-6-5-8(14)12(10(6)16)17-9(15)3-4-11-7(2)13/h6H,3-5H2,1-2H3,(H,11,13). The SMILES string of the molecule is CC(=O)NCCC(=O)ON1C(=O)CC(C)C1=O. The molecular weight excluding hydrogens is 228 g/mol. The second-order valence-electron chi connectivity index (χ2n) is 3.83. The molecule has 94 valence electrons. The number of hydroxylamine groups is 2. The van der Waals surface area contributed by atoms with Gasteiger partial charge in [-0.2, -0.15) is 0 Å². The van der Waals surface area contributed by atoms with Crippen molar-refractivity contribution in [2.75, 3.05) is 6.54 Å². The molecule has 1 aliphatic rings. The number of nitrogens with zero attached hydrogens (tertiary/aromatic N) is 1. The second-order valence-corrected chi connectivity index (χ2v) is 3.83. The Balaban J connectivity index is 2.38. The molecule has 1 fully saturated rings. The van der Waals surface area contributed by atoms with Gasteiger partial charge in [-0.05, 0) is 0 Å². The summed E-state index contributed by atoms with van der Waals surface area (Å²) < 4.78 is 0. The number of hydrogen-bond acceptors (Lipinski definition) is 5. The molecule has 3 amide bonds. The van der Waals surface area contributed by atoms with Crippen LogP contribution in [0.2, 0.25) is 0 Å². The summed E-state index contributed by atoms with van der Waals surface area (Å²) in [5, 5.41) is 2.91. The predicted molar refractivity (Wildman–Crippen MR) is 55.0 cm³/mol. The minimum Gasteiger partial charge on any atom is -0.356 e. The Labute approximate surface area is 98.0 Å². The molecule has 1 N–H and O–H groups in total. The third kappa shape index (κ3) is 3.54. The van der Waals surface area contributed by atoms with Gasteiger partial charge in [0.2, 0.25) is 5.91 Å². The molecule has 1 rings (SSSR count). The van der Waals surface area contributed by atoms with E-state index in [9.17, 15) is 19.2 Å². The van der Waals surface area contributed by atoms with Crippen molar-refractivity contribution >= 4 is 23.7 Å². The molecule has 0 aromatic carbocycles. The van der Waals surface area contributed by atoms with Gasteiger partial charge in [-0.1, -0.05) is 6.92 Å². The number of imide groups is 1. The van der Waals surface area contributed by atoms with Crippen molar-refractivity contribution in [3.8, 4) is 0 Å². The van der Waals surface area contributed by atoms with Gasteiger partial charge in [0.1, 0.15) is 0 Å². The predicted octanol–water partition coefficient (Wildman–Crippen LogP) is -0.634. The first-order valence-corrected chi connectivity index (χ1v) is 5.24. The number of hydrogen-bond donors (Lipinski definition) is 1. The lowest BCUT2D eigenvalue weighted by Crippen LogP contribution is -2.34. The normalized spacial score (nSPS) is 19.4. The molecule has 0 bridgehead atoms. The van der Waals surface area contributed by atoms with Gasteiger partial charge in [0.05, 0.1) is 6.42 Å². The number of rotatable bonds is 4. The summed E-state index contributed by atoms with van der Waals surface area (Å²) in [6.45, 7) is 3.02. The lowest BCUT2D eigenvalue weighted by molar-refractivity contribution is -0.198. The van der Waals surface area contributed by atoms with Crippen LogP contribution in [-0.2, 0) is 24.0 Å². The molecule has 0 saturated carbocycles. The van der Waals surface area contributed by atoms with Crippen molar-refractivity contribution in [2.45, 2.75) is 26.7 Å². The van der Waals surface area contributed by atoms with E-state index in [0.29, 0.717) is 5.06 Å². The molecule has 1 heterocycles. The average Bonchev–Trinajstić information content (AvgIpc) is 2.44. The van der Waals surface area contributed by atoms with Gasteiger partial charge >= 0.3 is 5.97 Å². The van der Waals surface area contributed by atoms with Crippen LogP contribution in [-0.4, -0.2) is 35.3 Å². The molecule has 0 aromatic rings. The summed E-state index contributed by atoms with van der Waals surface area (Å²) in [7, 11) is 0. The maximum Gasteiger partial charge on any atom is 0.334 e. The van der Waals surface area contributed by atoms with Crippen LogP contribution in [0.4, 0.5) is 0 Å². The van der Waals surface area contributed by atoms with E-state index in [1.54, 1.807) is 6.92 Å². The van der Waals surface area contributed by atoms with Crippen molar-refractivity contribution in [2.24, 2.45) is 5.92 Å². The summed E-state index contributed by atoms with van der Waals surface area (Å²) in [5.74, 6) is -2.47. The molecular formula is C10H14N2O5. The monoisotopic (exact) mass is 242 g/mol.